The number of rotatable bonds is 6. The normalized spacial score (nSPS) is 11.1. The van der Waals surface area contributed by atoms with E-state index in [2.05, 4.69) is 20.7 Å². The molecule has 0 fully saturated rings. The predicted octanol–water partition coefficient (Wildman–Crippen LogP) is 2.31. The Morgan fingerprint density at radius 1 is 1.21 bits per heavy atom. The number of anilines is 1. The average molecular weight is 413 g/mol. The van der Waals surface area contributed by atoms with Gasteiger partial charge in [-0.3, -0.25) is 9.52 Å². The number of likely N-dealkylation sites (N-methyl/N-ethyl adjacent to an activating group) is 1. The van der Waals surface area contributed by atoms with Gasteiger partial charge in [0.15, 0.2) is 0 Å². The predicted molar refractivity (Wildman–Crippen MR) is 95.4 cm³/mol. The molecule has 0 heterocycles. The van der Waals surface area contributed by atoms with Crippen molar-refractivity contribution in [1.29, 1.82) is 0 Å². The quantitative estimate of drug-likeness (QED) is 0.761. The van der Waals surface area contributed by atoms with Gasteiger partial charge >= 0.3 is 0 Å². The van der Waals surface area contributed by atoms with Crippen LogP contribution in [0.2, 0.25) is 0 Å². The van der Waals surface area contributed by atoms with Crippen molar-refractivity contribution in [3.05, 3.63) is 58.6 Å². The number of nitrogens with zero attached hydrogens (tertiary/aromatic N) is 1. The highest BCUT2D eigenvalue weighted by Gasteiger charge is 2.16. The van der Waals surface area contributed by atoms with Crippen LogP contribution in [0.1, 0.15) is 10.4 Å². The van der Waals surface area contributed by atoms with Gasteiger partial charge in [0.2, 0.25) is 0 Å². The second-order valence-electron chi connectivity index (χ2n) is 5.09. The summed E-state index contributed by atoms with van der Waals surface area (Å²) in [4.78, 5) is 13.7. The molecule has 0 spiro atoms. The number of benzene rings is 2. The molecule has 128 valence electrons. The Balaban J connectivity index is 2.23. The number of carbonyl (C=O) groups excluding carboxylic acids is 1. The summed E-state index contributed by atoms with van der Waals surface area (Å²) in [6.45, 7) is 0.0613. The van der Waals surface area contributed by atoms with E-state index in [1.807, 2.05) is 0 Å². The third-order valence-electron chi connectivity index (χ3n) is 3.27. The van der Waals surface area contributed by atoms with Crippen LogP contribution >= 0.6 is 15.9 Å². The van der Waals surface area contributed by atoms with Crippen LogP contribution in [0.3, 0.4) is 0 Å². The minimum absolute atomic E-state index is 0.125. The fourth-order valence-electron chi connectivity index (χ4n) is 2.02. The Bertz CT molecular complexity index is 822. The minimum atomic E-state index is -3.74. The molecule has 0 bridgehead atoms. The Labute approximate surface area is 149 Å². The van der Waals surface area contributed by atoms with Crippen LogP contribution in [0, 0.1) is 0 Å². The van der Waals surface area contributed by atoms with Gasteiger partial charge in [-0.1, -0.05) is 22.0 Å². The molecule has 1 amide bonds. The highest BCUT2D eigenvalue weighted by atomic mass is 79.9. The molecule has 0 radical (unpaired) electrons. The van der Waals surface area contributed by atoms with Gasteiger partial charge < -0.3 is 10.0 Å². The lowest BCUT2D eigenvalue weighted by molar-refractivity contribution is 0.0767. The fraction of sp³-hybridized carbons (Fsp3) is 0.188. The van der Waals surface area contributed by atoms with Gasteiger partial charge in [-0.15, -0.1) is 0 Å². The molecular formula is C16H17BrN2O4S. The smallest absolute Gasteiger partial charge is 0.261 e. The molecule has 0 saturated carbocycles. The zero-order chi connectivity index (χ0) is 17.7. The molecule has 2 aromatic rings. The first kappa shape index (κ1) is 18.4. The van der Waals surface area contributed by atoms with Crippen LogP contribution < -0.4 is 4.72 Å². The first-order valence-electron chi connectivity index (χ1n) is 7.08. The van der Waals surface area contributed by atoms with Crippen molar-refractivity contribution in [3.8, 4) is 0 Å². The summed E-state index contributed by atoms with van der Waals surface area (Å²) in [6, 6.07) is 12.5. The number of aliphatic hydroxyl groups is 1. The number of halogens is 1. The van der Waals surface area contributed by atoms with E-state index in [9.17, 15) is 13.2 Å². The molecular weight excluding hydrogens is 396 g/mol. The van der Waals surface area contributed by atoms with Crippen molar-refractivity contribution in [1.82, 2.24) is 4.90 Å². The van der Waals surface area contributed by atoms with E-state index < -0.39 is 10.0 Å². The first-order chi connectivity index (χ1) is 11.3. The number of hydrogen-bond acceptors (Lipinski definition) is 4. The van der Waals surface area contributed by atoms with E-state index in [1.165, 1.54) is 23.1 Å². The fourth-order valence-corrected chi connectivity index (χ4v) is 3.33. The maximum absolute atomic E-state index is 12.4. The average Bonchev–Trinajstić information content (AvgIpc) is 2.54. The van der Waals surface area contributed by atoms with Crippen molar-refractivity contribution in [2.24, 2.45) is 0 Å². The van der Waals surface area contributed by atoms with E-state index >= 15 is 0 Å². The summed E-state index contributed by atoms with van der Waals surface area (Å²) in [5, 5.41) is 8.90. The third-order valence-corrected chi connectivity index (χ3v) is 5.19. The molecule has 0 aliphatic carbocycles. The molecule has 2 rings (SSSR count). The standard InChI is InChI=1S/C16H17BrN2O4S/c1-19(9-10-20)16(21)12-3-2-4-14(11-12)18-24(22,23)15-7-5-13(17)6-8-15/h2-8,11,18,20H,9-10H2,1H3. The molecule has 0 aromatic heterocycles. The molecule has 6 nitrogen and oxygen atoms in total. The second kappa shape index (κ2) is 7.78. The van der Waals surface area contributed by atoms with Gasteiger partial charge in [0.1, 0.15) is 0 Å². The number of amides is 1. The van der Waals surface area contributed by atoms with Crippen molar-refractivity contribution in [2.75, 3.05) is 24.9 Å². The zero-order valence-electron chi connectivity index (χ0n) is 12.9. The van der Waals surface area contributed by atoms with Crippen LogP contribution in [0.15, 0.2) is 57.9 Å². The first-order valence-corrected chi connectivity index (χ1v) is 9.36. The van der Waals surface area contributed by atoms with Crippen molar-refractivity contribution < 1.29 is 18.3 Å². The summed E-state index contributed by atoms with van der Waals surface area (Å²) in [5.41, 5.74) is 0.628. The molecule has 0 saturated heterocycles. The van der Waals surface area contributed by atoms with Gasteiger partial charge in [0, 0.05) is 29.3 Å². The number of sulfonamides is 1. The molecule has 0 aliphatic heterocycles. The summed E-state index contributed by atoms with van der Waals surface area (Å²) in [5.74, 6) is -0.297. The van der Waals surface area contributed by atoms with Crippen molar-refractivity contribution >= 4 is 37.5 Å². The zero-order valence-corrected chi connectivity index (χ0v) is 15.3. The Morgan fingerprint density at radius 3 is 2.50 bits per heavy atom. The Hall–Kier alpha value is -1.90. The molecule has 2 aromatic carbocycles. The molecule has 0 atom stereocenters. The summed E-state index contributed by atoms with van der Waals surface area (Å²) in [7, 11) is -2.17. The second-order valence-corrected chi connectivity index (χ2v) is 7.69. The summed E-state index contributed by atoms with van der Waals surface area (Å²) in [6.07, 6.45) is 0. The molecule has 8 heteroatoms. The lowest BCUT2D eigenvalue weighted by atomic mass is 10.2. The van der Waals surface area contributed by atoms with Crippen LogP contribution in [-0.4, -0.2) is 44.5 Å². The topological polar surface area (TPSA) is 86.7 Å². The molecule has 24 heavy (non-hydrogen) atoms. The van der Waals surface area contributed by atoms with Crippen LogP contribution in [0.5, 0.6) is 0 Å². The minimum Gasteiger partial charge on any atom is -0.395 e. The lowest BCUT2D eigenvalue weighted by Crippen LogP contribution is -2.29. The lowest BCUT2D eigenvalue weighted by Gasteiger charge is -2.16. The molecule has 0 aliphatic rings. The largest absolute Gasteiger partial charge is 0.395 e. The van der Waals surface area contributed by atoms with Gasteiger partial charge in [-0.25, -0.2) is 8.42 Å². The third kappa shape index (κ3) is 4.56. The SMILES string of the molecule is CN(CCO)C(=O)c1cccc(NS(=O)(=O)c2ccc(Br)cc2)c1. The highest BCUT2D eigenvalue weighted by molar-refractivity contribution is 9.10. The molecule has 2 N–H and O–H groups in total. The van der Waals surface area contributed by atoms with E-state index in [0.717, 1.165) is 4.47 Å². The molecule has 0 unspecified atom stereocenters. The maximum Gasteiger partial charge on any atom is 0.261 e. The summed E-state index contributed by atoms with van der Waals surface area (Å²) >= 11 is 3.26. The van der Waals surface area contributed by atoms with E-state index in [1.54, 1.807) is 37.4 Å². The van der Waals surface area contributed by atoms with E-state index in [-0.39, 0.29) is 24.0 Å². The monoisotopic (exact) mass is 412 g/mol. The van der Waals surface area contributed by atoms with Crippen LogP contribution in [0.4, 0.5) is 5.69 Å². The van der Waals surface area contributed by atoms with Gasteiger partial charge in [0.05, 0.1) is 11.5 Å². The van der Waals surface area contributed by atoms with Crippen LogP contribution in [-0.2, 0) is 10.0 Å². The highest BCUT2D eigenvalue weighted by Crippen LogP contribution is 2.19. The number of nitrogens with one attached hydrogen (secondary N) is 1. The number of aliphatic hydroxyl groups excluding tert-OH is 1. The number of hydrogen-bond donors (Lipinski definition) is 2. The van der Waals surface area contributed by atoms with Crippen molar-refractivity contribution in [3.63, 3.8) is 0 Å². The maximum atomic E-state index is 12.4. The Kier molecular flexibility index (Phi) is 5.98. The Morgan fingerprint density at radius 2 is 1.88 bits per heavy atom. The van der Waals surface area contributed by atoms with E-state index in [0.29, 0.717) is 11.3 Å². The van der Waals surface area contributed by atoms with Gasteiger partial charge in [-0.05, 0) is 42.5 Å². The van der Waals surface area contributed by atoms with Crippen LogP contribution in [0.25, 0.3) is 0 Å². The van der Waals surface area contributed by atoms with Crippen molar-refractivity contribution in [2.45, 2.75) is 4.90 Å². The summed E-state index contributed by atoms with van der Waals surface area (Å²) < 4.78 is 28.0. The van der Waals surface area contributed by atoms with Gasteiger partial charge in [0.25, 0.3) is 15.9 Å². The number of carbonyl (C=O) groups is 1. The van der Waals surface area contributed by atoms with E-state index in [4.69, 9.17) is 5.11 Å². The van der Waals surface area contributed by atoms with Gasteiger partial charge in [-0.2, -0.15) is 0 Å².